The summed E-state index contributed by atoms with van der Waals surface area (Å²) in [6.45, 7) is 2.61. The minimum absolute atomic E-state index is 0.269. The van der Waals surface area contributed by atoms with E-state index in [2.05, 4.69) is 17.2 Å². The molecule has 4 rings (SSSR count). The molecule has 1 aliphatic carbocycles. The van der Waals surface area contributed by atoms with Gasteiger partial charge in [0, 0.05) is 11.4 Å². The molecule has 1 aliphatic heterocycles. The number of nitrogens with zero attached hydrogens (tertiary/aromatic N) is 2. The number of rotatable bonds is 4. The second kappa shape index (κ2) is 7.62. The highest BCUT2D eigenvalue weighted by atomic mass is 32.2. The number of thiophene rings is 1. The minimum Gasteiger partial charge on any atom is -0.301 e. The lowest BCUT2D eigenvalue weighted by molar-refractivity contribution is -0.120. The van der Waals surface area contributed by atoms with Crippen molar-refractivity contribution in [1.82, 2.24) is 9.29 Å². The molecule has 3 heterocycles. The number of fused-ring (bicyclic) bond motifs is 1. The number of amides is 1. The first-order chi connectivity index (χ1) is 12.9. The van der Waals surface area contributed by atoms with Crippen LogP contribution in [-0.4, -0.2) is 36.2 Å². The summed E-state index contributed by atoms with van der Waals surface area (Å²) in [7, 11) is -3.64. The molecule has 0 aromatic carbocycles. The number of hydrogen-bond acceptors (Lipinski definition) is 6. The van der Waals surface area contributed by atoms with Crippen molar-refractivity contribution in [2.24, 2.45) is 5.92 Å². The number of piperidine rings is 1. The van der Waals surface area contributed by atoms with Gasteiger partial charge in [-0.1, -0.05) is 19.4 Å². The quantitative estimate of drug-likeness (QED) is 0.813. The maximum atomic E-state index is 13.0. The zero-order valence-corrected chi connectivity index (χ0v) is 17.6. The number of aromatic nitrogens is 1. The molecule has 0 spiro atoms. The van der Waals surface area contributed by atoms with Crippen LogP contribution in [0.25, 0.3) is 0 Å². The zero-order valence-electron chi connectivity index (χ0n) is 15.2. The van der Waals surface area contributed by atoms with Crippen LogP contribution in [0, 0.1) is 5.92 Å². The Hall–Kier alpha value is -1.29. The van der Waals surface area contributed by atoms with Gasteiger partial charge in [0.2, 0.25) is 5.91 Å². The summed E-state index contributed by atoms with van der Waals surface area (Å²) in [4.78, 5) is 18.7. The number of nitrogens with one attached hydrogen (secondary N) is 1. The van der Waals surface area contributed by atoms with E-state index in [1.165, 1.54) is 31.9 Å². The van der Waals surface area contributed by atoms with Gasteiger partial charge in [-0.3, -0.25) is 4.79 Å². The molecule has 1 fully saturated rings. The molecule has 2 aliphatic rings. The van der Waals surface area contributed by atoms with Crippen LogP contribution in [0.5, 0.6) is 0 Å². The van der Waals surface area contributed by atoms with E-state index in [0.29, 0.717) is 28.2 Å². The molecule has 2 aromatic rings. The van der Waals surface area contributed by atoms with E-state index < -0.39 is 16.1 Å². The van der Waals surface area contributed by atoms with Gasteiger partial charge in [-0.05, 0) is 49.5 Å². The predicted octanol–water partition coefficient (Wildman–Crippen LogP) is 3.51. The van der Waals surface area contributed by atoms with Crippen molar-refractivity contribution in [3.63, 3.8) is 0 Å². The molecule has 146 valence electrons. The van der Waals surface area contributed by atoms with E-state index >= 15 is 0 Å². The first-order valence-electron chi connectivity index (χ1n) is 9.30. The van der Waals surface area contributed by atoms with Crippen LogP contribution < -0.4 is 5.32 Å². The summed E-state index contributed by atoms with van der Waals surface area (Å²) in [6, 6.07) is 2.64. The SMILES string of the molecule is C[C@@H]1CCc2nc(NC(=O)[C@H]3CCCCN3S(=O)(=O)c3cccs3)sc2C1. The molecule has 6 nitrogen and oxygen atoms in total. The van der Waals surface area contributed by atoms with E-state index in [9.17, 15) is 13.2 Å². The normalized spacial score (nSPS) is 23.7. The van der Waals surface area contributed by atoms with Crippen molar-refractivity contribution in [3.8, 4) is 0 Å². The van der Waals surface area contributed by atoms with Crippen molar-refractivity contribution in [3.05, 3.63) is 28.1 Å². The number of thiazole rings is 1. The number of sulfonamides is 1. The van der Waals surface area contributed by atoms with Gasteiger partial charge in [0.25, 0.3) is 10.0 Å². The zero-order chi connectivity index (χ0) is 19.0. The highest BCUT2D eigenvalue weighted by molar-refractivity contribution is 7.91. The van der Waals surface area contributed by atoms with Crippen molar-refractivity contribution in [2.45, 2.75) is 55.7 Å². The molecule has 27 heavy (non-hydrogen) atoms. The summed E-state index contributed by atoms with van der Waals surface area (Å²) in [6.07, 6.45) is 5.24. The smallest absolute Gasteiger partial charge is 0.253 e. The molecule has 0 bridgehead atoms. The first kappa shape index (κ1) is 19.0. The van der Waals surface area contributed by atoms with E-state index in [1.807, 2.05) is 0 Å². The fourth-order valence-corrected chi connectivity index (χ4v) is 7.71. The lowest BCUT2D eigenvalue weighted by atomic mass is 9.93. The standard InChI is InChI=1S/C18H23N3O3S3/c1-12-7-8-13-15(11-12)26-18(19-13)20-17(22)14-5-2-3-9-21(14)27(23,24)16-6-4-10-25-16/h4,6,10,12,14H,2-3,5,7-9,11H2,1H3,(H,19,20,22)/t12-,14-/m1/s1. The Labute approximate surface area is 167 Å². The van der Waals surface area contributed by atoms with Gasteiger partial charge in [0.05, 0.1) is 5.69 Å². The highest BCUT2D eigenvalue weighted by Crippen LogP contribution is 2.33. The molecular weight excluding hydrogens is 402 g/mol. The van der Waals surface area contributed by atoms with E-state index in [-0.39, 0.29) is 5.91 Å². The molecule has 0 saturated carbocycles. The Morgan fingerprint density at radius 3 is 2.96 bits per heavy atom. The molecule has 1 saturated heterocycles. The monoisotopic (exact) mass is 425 g/mol. The van der Waals surface area contributed by atoms with Crippen molar-refractivity contribution >= 4 is 43.7 Å². The average Bonchev–Trinajstić information content (AvgIpc) is 3.31. The number of carbonyl (C=O) groups is 1. The summed E-state index contributed by atoms with van der Waals surface area (Å²) in [5.41, 5.74) is 1.08. The molecule has 1 amide bonds. The van der Waals surface area contributed by atoms with Crippen LogP contribution >= 0.6 is 22.7 Å². The highest BCUT2D eigenvalue weighted by Gasteiger charge is 2.38. The Morgan fingerprint density at radius 2 is 2.19 bits per heavy atom. The van der Waals surface area contributed by atoms with E-state index in [4.69, 9.17) is 0 Å². The van der Waals surface area contributed by atoms with Gasteiger partial charge in [-0.2, -0.15) is 4.31 Å². The van der Waals surface area contributed by atoms with Gasteiger partial charge >= 0.3 is 0 Å². The second-order valence-corrected chi connectivity index (χ2v) is 11.4. The summed E-state index contributed by atoms with van der Waals surface area (Å²) < 4.78 is 27.6. The first-order valence-corrected chi connectivity index (χ1v) is 12.4. The maximum Gasteiger partial charge on any atom is 0.253 e. The third-order valence-electron chi connectivity index (χ3n) is 5.23. The average molecular weight is 426 g/mol. The number of anilines is 1. The van der Waals surface area contributed by atoms with Crippen LogP contribution in [0.4, 0.5) is 5.13 Å². The molecule has 1 N–H and O–H groups in total. The number of aryl methyl sites for hydroxylation is 1. The minimum atomic E-state index is -3.64. The fourth-order valence-electron chi connectivity index (χ4n) is 3.76. The van der Waals surface area contributed by atoms with E-state index in [1.54, 1.807) is 17.5 Å². The molecule has 9 heteroatoms. The molecular formula is C18H23N3O3S3. The Morgan fingerprint density at radius 1 is 1.33 bits per heavy atom. The molecule has 2 atom stereocenters. The summed E-state index contributed by atoms with van der Waals surface area (Å²) in [5.74, 6) is 0.375. The Bertz CT molecular complexity index is 921. The Balaban J connectivity index is 1.53. The van der Waals surface area contributed by atoms with Gasteiger partial charge < -0.3 is 5.32 Å². The molecule has 0 unspecified atom stereocenters. The third-order valence-corrected chi connectivity index (χ3v) is 9.55. The van der Waals surface area contributed by atoms with Gasteiger partial charge in [-0.15, -0.1) is 22.7 Å². The van der Waals surface area contributed by atoms with Crippen LogP contribution in [0.2, 0.25) is 0 Å². The largest absolute Gasteiger partial charge is 0.301 e. The topological polar surface area (TPSA) is 79.4 Å². The van der Waals surface area contributed by atoms with Gasteiger partial charge in [0.1, 0.15) is 10.3 Å². The molecule has 0 radical (unpaired) electrons. The number of carbonyl (C=O) groups excluding carboxylic acids is 1. The summed E-state index contributed by atoms with van der Waals surface area (Å²) >= 11 is 2.72. The Kier molecular flexibility index (Phi) is 5.37. The fraction of sp³-hybridized carbons (Fsp3) is 0.556. The van der Waals surface area contributed by atoms with Crippen molar-refractivity contribution in [2.75, 3.05) is 11.9 Å². The van der Waals surface area contributed by atoms with Crippen molar-refractivity contribution in [1.29, 1.82) is 0 Å². The number of hydrogen-bond donors (Lipinski definition) is 1. The van der Waals surface area contributed by atoms with Gasteiger partial charge in [-0.25, -0.2) is 13.4 Å². The van der Waals surface area contributed by atoms with Gasteiger partial charge in [0.15, 0.2) is 5.13 Å². The van der Waals surface area contributed by atoms with Crippen LogP contribution in [0.1, 0.15) is 43.2 Å². The van der Waals surface area contributed by atoms with Crippen LogP contribution in [0.15, 0.2) is 21.7 Å². The third kappa shape index (κ3) is 3.83. The predicted molar refractivity (Wildman–Crippen MR) is 108 cm³/mol. The second-order valence-electron chi connectivity index (χ2n) is 7.29. The summed E-state index contributed by atoms with van der Waals surface area (Å²) in [5, 5.41) is 5.24. The van der Waals surface area contributed by atoms with Crippen molar-refractivity contribution < 1.29 is 13.2 Å². The van der Waals surface area contributed by atoms with Crippen LogP contribution in [0.3, 0.4) is 0 Å². The molecule has 2 aromatic heterocycles. The maximum absolute atomic E-state index is 13.0. The van der Waals surface area contributed by atoms with E-state index in [0.717, 1.165) is 37.8 Å². The lowest BCUT2D eigenvalue weighted by Gasteiger charge is -2.32. The lowest BCUT2D eigenvalue weighted by Crippen LogP contribution is -2.49. The van der Waals surface area contributed by atoms with Crippen LogP contribution in [-0.2, 0) is 27.7 Å².